The van der Waals surface area contributed by atoms with E-state index in [0.717, 1.165) is 44.2 Å². The van der Waals surface area contributed by atoms with E-state index in [1.165, 1.54) is 97.3 Å². The molecule has 0 unspecified atom stereocenters. The Morgan fingerprint density at radius 2 is 1.18 bits per heavy atom. The summed E-state index contributed by atoms with van der Waals surface area (Å²) < 4.78 is 0. The van der Waals surface area contributed by atoms with Crippen molar-refractivity contribution in [1.29, 1.82) is 0 Å². The fraction of sp³-hybridized carbons (Fsp3) is 0.471. The first-order chi connectivity index (χ1) is 18.3. The Balaban J connectivity index is 1.52. The van der Waals surface area contributed by atoms with Crippen molar-refractivity contribution in [2.24, 2.45) is 9.98 Å². The zero-order valence-electron chi connectivity index (χ0n) is 24.7. The average Bonchev–Trinajstić information content (AvgIpc) is 3.57. The molecule has 200 valence electrons. The molecule has 0 bridgehead atoms. The number of nitrogens with one attached hydrogen (secondary N) is 2. The molecule has 2 aromatic heterocycles. The fourth-order valence-electron chi connectivity index (χ4n) is 6.64. The smallest absolute Gasteiger partial charge is 0.0689 e. The van der Waals surface area contributed by atoms with Gasteiger partial charge in [-0.3, -0.25) is 9.98 Å². The number of rotatable bonds is 7. The van der Waals surface area contributed by atoms with Crippen LogP contribution in [-0.2, 0) is 12.8 Å². The molecule has 0 fully saturated rings. The van der Waals surface area contributed by atoms with Gasteiger partial charge in [0.15, 0.2) is 0 Å². The Morgan fingerprint density at radius 1 is 0.658 bits per heavy atom. The molecule has 0 aromatic carbocycles. The fourth-order valence-corrected chi connectivity index (χ4v) is 6.64. The van der Waals surface area contributed by atoms with Crippen molar-refractivity contribution in [2.45, 2.75) is 107 Å². The SMILES string of the molecule is CCC1=C(C)C(CC2=N/C(=C\c3[nH]c(C)c(C)c3CC)C3=C2CCCC3)=N/C1=C\c1[nH]c(C)c(C)c1CC. The third-order valence-electron chi connectivity index (χ3n) is 9.11. The molecule has 0 saturated heterocycles. The number of aromatic nitrogens is 2. The van der Waals surface area contributed by atoms with E-state index in [-0.39, 0.29) is 0 Å². The van der Waals surface area contributed by atoms with E-state index in [9.17, 15) is 0 Å². The first kappa shape index (κ1) is 26.5. The predicted octanol–water partition coefficient (Wildman–Crippen LogP) is 8.98. The van der Waals surface area contributed by atoms with Crippen LogP contribution in [0, 0.1) is 27.7 Å². The molecule has 0 atom stereocenters. The lowest BCUT2D eigenvalue weighted by molar-refractivity contribution is 0.698. The van der Waals surface area contributed by atoms with Gasteiger partial charge >= 0.3 is 0 Å². The Bertz CT molecular complexity index is 1470. The van der Waals surface area contributed by atoms with Gasteiger partial charge in [-0.1, -0.05) is 20.8 Å². The van der Waals surface area contributed by atoms with Gasteiger partial charge < -0.3 is 9.97 Å². The molecule has 0 amide bonds. The summed E-state index contributed by atoms with van der Waals surface area (Å²) in [6, 6.07) is 0. The van der Waals surface area contributed by atoms with Gasteiger partial charge in [-0.2, -0.15) is 0 Å². The monoisotopic (exact) mass is 508 g/mol. The van der Waals surface area contributed by atoms with E-state index in [1.807, 2.05) is 0 Å². The molecule has 0 radical (unpaired) electrons. The maximum absolute atomic E-state index is 5.30. The van der Waals surface area contributed by atoms with Crippen molar-refractivity contribution in [1.82, 2.24) is 9.97 Å². The summed E-state index contributed by atoms with van der Waals surface area (Å²) in [7, 11) is 0. The quantitative estimate of drug-likeness (QED) is 0.375. The number of H-pyrrole nitrogens is 2. The first-order valence-electron chi connectivity index (χ1n) is 14.6. The Labute approximate surface area is 228 Å². The van der Waals surface area contributed by atoms with Gasteiger partial charge in [0, 0.05) is 29.2 Å². The van der Waals surface area contributed by atoms with Gasteiger partial charge in [0.2, 0.25) is 0 Å². The lowest BCUT2D eigenvalue weighted by Gasteiger charge is -2.15. The first-order valence-corrected chi connectivity index (χ1v) is 14.6. The summed E-state index contributed by atoms with van der Waals surface area (Å²) in [5, 5.41) is 0. The van der Waals surface area contributed by atoms with Crippen molar-refractivity contribution in [3.8, 4) is 0 Å². The number of nitrogens with zero attached hydrogens (tertiary/aromatic N) is 2. The number of aliphatic imine (C=N–C) groups is 2. The topological polar surface area (TPSA) is 56.3 Å². The minimum atomic E-state index is 0.815. The van der Waals surface area contributed by atoms with E-state index >= 15 is 0 Å². The van der Waals surface area contributed by atoms with Crippen LogP contribution in [-0.4, -0.2) is 21.4 Å². The molecule has 4 nitrogen and oxygen atoms in total. The van der Waals surface area contributed by atoms with Crippen molar-refractivity contribution in [3.05, 3.63) is 78.7 Å². The Morgan fingerprint density at radius 3 is 1.74 bits per heavy atom. The third kappa shape index (κ3) is 4.52. The van der Waals surface area contributed by atoms with Gasteiger partial charge in [-0.25, -0.2) is 0 Å². The summed E-state index contributed by atoms with van der Waals surface area (Å²) in [5.74, 6) is 0. The number of allylic oxidation sites excluding steroid dienone is 4. The van der Waals surface area contributed by atoms with Crippen LogP contribution >= 0.6 is 0 Å². The van der Waals surface area contributed by atoms with Crippen molar-refractivity contribution < 1.29 is 0 Å². The molecule has 2 aromatic rings. The van der Waals surface area contributed by atoms with Crippen molar-refractivity contribution >= 4 is 23.6 Å². The Hall–Kier alpha value is -3.14. The molecule has 4 heteroatoms. The summed E-state index contributed by atoms with van der Waals surface area (Å²) in [4.78, 5) is 17.8. The summed E-state index contributed by atoms with van der Waals surface area (Å²) >= 11 is 0. The average molecular weight is 509 g/mol. The van der Waals surface area contributed by atoms with Gasteiger partial charge in [0.1, 0.15) is 0 Å². The molecular weight excluding hydrogens is 464 g/mol. The molecule has 4 heterocycles. The van der Waals surface area contributed by atoms with Crippen LogP contribution in [0.2, 0.25) is 0 Å². The Kier molecular flexibility index (Phi) is 7.35. The minimum absolute atomic E-state index is 0.815. The highest BCUT2D eigenvalue weighted by Gasteiger charge is 2.29. The molecule has 2 aliphatic heterocycles. The van der Waals surface area contributed by atoms with Crippen LogP contribution in [0.3, 0.4) is 0 Å². The number of aryl methyl sites for hydroxylation is 2. The van der Waals surface area contributed by atoms with Gasteiger partial charge in [-0.15, -0.1) is 0 Å². The van der Waals surface area contributed by atoms with E-state index in [1.54, 1.807) is 0 Å². The van der Waals surface area contributed by atoms with Crippen LogP contribution in [0.4, 0.5) is 0 Å². The number of aromatic amines is 2. The van der Waals surface area contributed by atoms with E-state index in [0.29, 0.717) is 0 Å². The summed E-state index contributed by atoms with van der Waals surface area (Å²) in [6.45, 7) is 17.8. The van der Waals surface area contributed by atoms with Gasteiger partial charge in [-0.05, 0) is 136 Å². The lowest BCUT2D eigenvalue weighted by Crippen LogP contribution is -2.11. The second-order valence-electron chi connectivity index (χ2n) is 11.2. The second-order valence-corrected chi connectivity index (χ2v) is 11.2. The molecule has 0 spiro atoms. The molecular formula is C34H44N4. The maximum atomic E-state index is 5.30. The van der Waals surface area contributed by atoms with Gasteiger partial charge in [0.05, 0.1) is 22.8 Å². The highest BCUT2D eigenvalue weighted by Crippen LogP contribution is 2.40. The van der Waals surface area contributed by atoms with Crippen LogP contribution in [0.15, 0.2) is 43.7 Å². The molecule has 0 saturated carbocycles. The molecule has 2 N–H and O–H groups in total. The van der Waals surface area contributed by atoms with Crippen LogP contribution in [0.1, 0.15) is 111 Å². The zero-order chi connectivity index (χ0) is 27.1. The number of hydrogen-bond acceptors (Lipinski definition) is 2. The largest absolute Gasteiger partial charge is 0.359 e. The van der Waals surface area contributed by atoms with Crippen LogP contribution in [0.5, 0.6) is 0 Å². The normalized spacial score (nSPS) is 19.8. The predicted molar refractivity (Wildman–Crippen MR) is 163 cm³/mol. The van der Waals surface area contributed by atoms with Crippen LogP contribution < -0.4 is 0 Å². The third-order valence-corrected chi connectivity index (χ3v) is 9.11. The highest BCUT2D eigenvalue weighted by molar-refractivity contribution is 6.21. The highest BCUT2D eigenvalue weighted by atomic mass is 14.9. The maximum Gasteiger partial charge on any atom is 0.0689 e. The van der Waals surface area contributed by atoms with E-state index < -0.39 is 0 Å². The molecule has 1 aliphatic carbocycles. The van der Waals surface area contributed by atoms with Crippen molar-refractivity contribution in [3.63, 3.8) is 0 Å². The zero-order valence-corrected chi connectivity index (χ0v) is 24.7. The van der Waals surface area contributed by atoms with Gasteiger partial charge in [0.25, 0.3) is 0 Å². The summed E-state index contributed by atoms with van der Waals surface area (Å²) in [6.07, 6.45) is 13.2. The lowest BCUT2D eigenvalue weighted by atomic mass is 9.87. The van der Waals surface area contributed by atoms with Crippen molar-refractivity contribution in [2.75, 3.05) is 0 Å². The standard InChI is InChI=1S/C34H44N4/c1-9-24-19(4)22(7)35-30(24)17-32-26(11-3)21(6)29(37-32)16-33-27-14-12-13-15-28(27)34(38-33)18-31-25(10-2)20(5)23(8)36-31/h17-18,35-36H,9-16H2,1-8H3/b32-17-,34-18-. The molecule has 3 aliphatic rings. The van der Waals surface area contributed by atoms with Crippen LogP contribution in [0.25, 0.3) is 12.2 Å². The molecule has 38 heavy (non-hydrogen) atoms. The molecule has 5 rings (SSSR count). The summed E-state index contributed by atoms with van der Waals surface area (Å²) in [5.41, 5.74) is 20.9. The van der Waals surface area contributed by atoms with E-state index in [4.69, 9.17) is 9.98 Å². The number of hydrogen-bond donors (Lipinski definition) is 2. The second kappa shape index (κ2) is 10.6. The van der Waals surface area contributed by atoms with E-state index in [2.05, 4.69) is 77.5 Å². The minimum Gasteiger partial charge on any atom is -0.359 e.